The number of aryl methyl sites for hydroxylation is 1. The van der Waals surface area contributed by atoms with E-state index in [1.54, 1.807) is 11.3 Å². The van der Waals surface area contributed by atoms with Crippen molar-refractivity contribution < 1.29 is 0 Å². The fourth-order valence-electron chi connectivity index (χ4n) is 1.94. The third-order valence-corrected chi connectivity index (χ3v) is 3.70. The second-order valence-corrected chi connectivity index (χ2v) is 4.96. The molecule has 1 unspecified atom stereocenters. The summed E-state index contributed by atoms with van der Waals surface area (Å²) in [6.45, 7) is 3.15. The van der Waals surface area contributed by atoms with Crippen molar-refractivity contribution in [1.29, 1.82) is 0 Å². The maximum atomic E-state index is 4.16. The van der Waals surface area contributed by atoms with E-state index >= 15 is 0 Å². The van der Waals surface area contributed by atoms with Gasteiger partial charge in [0.05, 0.1) is 5.51 Å². The van der Waals surface area contributed by atoms with Crippen molar-refractivity contribution in [2.45, 2.75) is 25.8 Å². The van der Waals surface area contributed by atoms with E-state index < -0.39 is 0 Å². The Balaban J connectivity index is 1.95. The second kappa shape index (κ2) is 6.52. The highest BCUT2D eigenvalue weighted by molar-refractivity contribution is 7.09. The van der Waals surface area contributed by atoms with Crippen LogP contribution in [0.15, 0.2) is 42.0 Å². The lowest BCUT2D eigenvalue weighted by atomic mass is 10.0. The molecule has 0 aliphatic carbocycles. The maximum absolute atomic E-state index is 4.16. The number of aromatic nitrogens is 1. The van der Waals surface area contributed by atoms with E-state index in [0.717, 1.165) is 19.4 Å². The van der Waals surface area contributed by atoms with Gasteiger partial charge in [0, 0.05) is 17.1 Å². The van der Waals surface area contributed by atoms with Gasteiger partial charge >= 0.3 is 0 Å². The Kier molecular flexibility index (Phi) is 4.71. The summed E-state index contributed by atoms with van der Waals surface area (Å²) >= 11 is 1.73. The summed E-state index contributed by atoms with van der Waals surface area (Å²) < 4.78 is 0. The van der Waals surface area contributed by atoms with Gasteiger partial charge in [-0.05, 0) is 24.9 Å². The smallest absolute Gasteiger partial charge is 0.0794 e. The molecule has 1 atom stereocenters. The minimum atomic E-state index is 0.438. The molecule has 2 rings (SSSR count). The Hall–Kier alpha value is -1.19. The zero-order valence-electron chi connectivity index (χ0n) is 10.1. The normalized spacial score (nSPS) is 12.5. The number of benzene rings is 1. The Labute approximate surface area is 107 Å². The molecule has 0 aliphatic rings. The highest BCUT2D eigenvalue weighted by Gasteiger charge is 2.11. The molecule has 3 heteroatoms. The van der Waals surface area contributed by atoms with Crippen LogP contribution in [0.1, 0.15) is 29.8 Å². The van der Waals surface area contributed by atoms with Crippen LogP contribution in [-0.4, -0.2) is 11.5 Å². The lowest BCUT2D eigenvalue weighted by Gasteiger charge is -2.15. The van der Waals surface area contributed by atoms with Gasteiger partial charge < -0.3 is 5.32 Å². The molecular formula is C14H18N2S. The second-order valence-electron chi connectivity index (χ2n) is 4.04. The zero-order valence-corrected chi connectivity index (χ0v) is 10.9. The van der Waals surface area contributed by atoms with Gasteiger partial charge in [-0.15, -0.1) is 11.3 Å². The predicted octanol–water partition coefficient (Wildman–Crippen LogP) is 3.43. The van der Waals surface area contributed by atoms with Crippen molar-refractivity contribution in [3.05, 3.63) is 52.5 Å². The molecule has 0 fully saturated rings. The predicted molar refractivity (Wildman–Crippen MR) is 73.3 cm³/mol. The maximum Gasteiger partial charge on any atom is 0.0794 e. The van der Waals surface area contributed by atoms with Gasteiger partial charge in [0.2, 0.25) is 0 Å². The van der Waals surface area contributed by atoms with Crippen molar-refractivity contribution in [2.24, 2.45) is 0 Å². The molecule has 0 amide bonds. The van der Waals surface area contributed by atoms with Gasteiger partial charge in [-0.1, -0.05) is 37.3 Å². The van der Waals surface area contributed by atoms with Crippen LogP contribution >= 0.6 is 11.3 Å². The first-order chi connectivity index (χ1) is 8.40. The number of nitrogens with one attached hydrogen (secondary N) is 1. The van der Waals surface area contributed by atoms with E-state index in [9.17, 15) is 0 Å². The van der Waals surface area contributed by atoms with Crippen LogP contribution in [0.2, 0.25) is 0 Å². The number of thiazole rings is 1. The lowest BCUT2D eigenvalue weighted by Crippen LogP contribution is -2.20. The van der Waals surface area contributed by atoms with Gasteiger partial charge in [0.15, 0.2) is 0 Å². The van der Waals surface area contributed by atoms with Crippen molar-refractivity contribution in [3.8, 4) is 0 Å². The Morgan fingerprint density at radius 2 is 2.12 bits per heavy atom. The monoisotopic (exact) mass is 246 g/mol. The molecule has 2 aromatic rings. The van der Waals surface area contributed by atoms with Crippen LogP contribution < -0.4 is 5.32 Å². The van der Waals surface area contributed by atoms with E-state index in [2.05, 4.69) is 47.6 Å². The van der Waals surface area contributed by atoms with Crippen LogP contribution in [0.5, 0.6) is 0 Å². The highest BCUT2D eigenvalue weighted by Crippen LogP contribution is 2.22. The minimum Gasteiger partial charge on any atom is -0.309 e. The number of nitrogens with zero attached hydrogens (tertiary/aromatic N) is 1. The van der Waals surface area contributed by atoms with E-state index in [1.807, 2.05) is 11.7 Å². The largest absolute Gasteiger partial charge is 0.309 e. The molecule has 1 aromatic carbocycles. The van der Waals surface area contributed by atoms with Gasteiger partial charge in [-0.2, -0.15) is 0 Å². The first-order valence-corrected chi connectivity index (χ1v) is 6.94. The van der Waals surface area contributed by atoms with Crippen molar-refractivity contribution in [2.75, 3.05) is 6.54 Å². The first kappa shape index (κ1) is 12.3. The number of rotatable bonds is 6. The van der Waals surface area contributed by atoms with Gasteiger partial charge in [-0.3, -0.25) is 4.98 Å². The topological polar surface area (TPSA) is 24.9 Å². The molecule has 1 heterocycles. The zero-order chi connectivity index (χ0) is 11.9. The molecule has 1 N–H and O–H groups in total. The van der Waals surface area contributed by atoms with Crippen molar-refractivity contribution >= 4 is 11.3 Å². The molecule has 0 radical (unpaired) electrons. The molecule has 1 aromatic heterocycles. The van der Waals surface area contributed by atoms with Crippen LogP contribution in [-0.2, 0) is 6.42 Å². The van der Waals surface area contributed by atoms with Gasteiger partial charge in [0.25, 0.3) is 0 Å². The standard InChI is InChI=1S/C14H18N2S/c1-2-16-13(14-10-15-11-17-14)9-8-12-6-4-3-5-7-12/h3-7,10-11,13,16H,2,8-9H2,1H3. The van der Waals surface area contributed by atoms with Crippen molar-refractivity contribution in [1.82, 2.24) is 10.3 Å². The molecule has 90 valence electrons. The lowest BCUT2D eigenvalue weighted by molar-refractivity contribution is 0.522. The third-order valence-electron chi connectivity index (χ3n) is 2.81. The van der Waals surface area contributed by atoms with Crippen LogP contribution in [0.3, 0.4) is 0 Å². The molecule has 0 saturated heterocycles. The van der Waals surface area contributed by atoms with Crippen molar-refractivity contribution in [3.63, 3.8) is 0 Å². The third kappa shape index (κ3) is 3.65. The molecule has 2 nitrogen and oxygen atoms in total. The van der Waals surface area contributed by atoms with E-state index in [-0.39, 0.29) is 0 Å². The minimum absolute atomic E-state index is 0.438. The number of hydrogen-bond donors (Lipinski definition) is 1. The van der Waals surface area contributed by atoms with Crippen LogP contribution in [0, 0.1) is 0 Å². The highest BCUT2D eigenvalue weighted by atomic mass is 32.1. The quantitative estimate of drug-likeness (QED) is 0.844. The molecule has 17 heavy (non-hydrogen) atoms. The van der Waals surface area contributed by atoms with Gasteiger partial charge in [-0.25, -0.2) is 0 Å². The summed E-state index contributed by atoms with van der Waals surface area (Å²) in [6, 6.07) is 11.1. The summed E-state index contributed by atoms with van der Waals surface area (Å²) in [7, 11) is 0. The Morgan fingerprint density at radius 1 is 1.29 bits per heavy atom. The first-order valence-electron chi connectivity index (χ1n) is 6.06. The summed E-state index contributed by atoms with van der Waals surface area (Å²) in [5.41, 5.74) is 3.31. The molecule has 0 bridgehead atoms. The number of hydrogen-bond acceptors (Lipinski definition) is 3. The Bertz CT molecular complexity index is 411. The fourth-order valence-corrected chi connectivity index (χ4v) is 2.68. The van der Waals surface area contributed by atoms with E-state index in [4.69, 9.17) is 0 Å². The average Bonchev–Trinajstić information content (AvgIpc) is 2.89. The summed E-state index contributed by atoms with van der Waals surface area (Å²) in [5, 5.41) is 3.53. The Morgan fingerprint density at radius 3 is 2.76 bits per heavy atom. The molecule has 0 saturated carbocycles. The average molecular weight is 246 g/mol. The summed E-state index contributed by atoms with van der Waals surface area (Å²) in [6.07, 6.45) is 4.21. The fraction of sp³-hybridized carbons (Fsp3) is 0.357. The summed E-state index contributed by atoms with van der Waals surface area (Å²) in [5.74, 6) is 0. The van der Waals surface area contributed by atoms with E-state index in [0.29, 0.717) is 6.04 Å². The molecular weight excluding hydrogens is 228 g/mol. The summed E-state index contributed by atoms with van der Waals surface area (Å²) in [4.78, 5) is 5.49. The molecule has 0 spiro atoms. The SMILES string of the molecule is CCNC(CCc1ccccc1)c1cncs1. The van der Waals surface area contributed by atoms with Gasteiger partial charge in [0.1, 0.15) is 0 Å². The van der Waals surface area contributed by atoms with Crippen LogP contribution in [0.4, 0.5) is 0 Å². The van der Waals surface area contributed by atoms with E-state index in [1.165, 1.54) is 10.4 Å². The molecule has 0 aliphatic heterocycles. The van der Waals surface area contributed by atoms with Crippen LogP contribution in [0.25, 0.3) is 0 Å².